The molecule has 0 aliphatic carbocycles. The zero-order valence-electron chi connectivity index (χ0n) is 13.9. The Morgan fingerprint density at radius 1 is 1.20 bits per heavy atom. The molecule has 6 heteroatoms. The van der Waals surface area contributed by atoms with Gasteiger partial charge in [-0.25, -0.2) is 0 Å². The van der Waals surface area contributed by atoms with Crippen LogP contribution in [0.3, 0.4) is 0 Å². The quantitative estimate of drug-likeness (QED) is 0.891. The Hall–Kier alpha value is -2.53. The monoisotopic (exact) mass is 358 g/mol. The van der Waals surface area contributed by atoms with Crippen molar-refractivity contribution in [3.05, 3.63) is 59.1 Å². The van der Waals surface area contributed by atoms with Crippen LogP contribution in [0.5, 0.6) is 5.75 Å². The van der Waals surface area contributed by atoms with Gasteiger partial charge in [0.1, 0.15) is 5.75 Å². The molecule has 0 radical (unpaired) electrons. The molecule has 2 aromatic carbocycles. The molecule has 0 spiro atoms. The Kier molecular flexibility index (Phi) is 5.24. The minimum atomic E-state index is -0.346. The van der Waals surface area contributed by atoms with Gasteiger partial charge in [-0.2, -0.15) is 0 Å². The zero-order chi connectivity index (χ0) is 17.8. The third-order valence-corrected chi connectivity index (χ3v) is 4.48. The predicted octanol–water partition coefficient (Wildman–Crippen LogP) is 3.34. The lowest BCUT2D eigenvalue weighted by Crippen LogP contribution is -2.28. The van der Waals surface area contributed by atoms with E-state index in [0.29, 0.717) is 23.8 Å². The third kappa shape index (κ3) is 4.31. The van der Waals surface area contributed by atoms with Crippen molar-refractivity contribution in [1.29, 1.82) is 0 Å². The number of amides is 2. The van der Waals surface area contributed by atoms with Crippen molar-refractivity contribution in [2.24, 2.45) is 5.92 Å². The van der Waals surface area contributed by atoms with Gasteiger partial charge in [-0.3, -0.25) is 9.59 Å². The normalized spacial score (nSPS) is 16.8. The predicted molar refractivity (Wildman–Crippen MR) is 96.6 cm³/mol. The minimum absolute atomic E-state index is 0.00734. The van der Waals surface area contributed by atoms with Crippen molar-refractivity contribution >= 4 is 29.1 Å². The molecule has 0 aromatic heterocycles. The maximum Gasteiger partial charge on any atom is 0.229 e. The van der Waals surface area contributed by atoms with E-state index in [2.05, 4.69) is 5.32 Å². The lowest BCUT2D eigenvalue weighted by atomic mass is 10.1. The van der Waals surface area contributed by atoms with E-state index in [-0.39, 0.29) is 24.2 Å². The van der Waals surface area contributed by atoms with Gasteiger partial charge < -0.3 is 15.0 Å². The third-order valence-electron chi connectivity index (χ3n) is 4.23. The van der Waals surface area contributed by atoms with Crippen LogP contribution in [0.4, 0.5) is 5.69 Å². The highest BCUT2D eigenvalue weighted by Crippen LogP contribution is 2.23. The molecule has 1 N–H and O–H groups in total. The van der Waals surface area contributed by atoms with Gasteiger partial charge in [-0.1, -0.05) is 23.7 Å². The molecule has 130 valence electrons. The summed E-state index contributed by atoms with van der Waals surface area (Å²) >= 11 is 5.84. The van der Waals surface area contributed by atoms with E-state index in [0.717, 1.165) is 11.3 Å². The van der Waals surface area contributed by atoms with E-state index >= 15 is 0 Å². The number of nitrogens with zero attached hydrogens (tertiary/aromatic N) is 1. The molecule has 25 heavy (non-hydrogen) atoms. The number of rotatable bonds is 5. The van der Waals surface area contributed by atoms with Gasteiger partial charge >= 0.3 is 0 Å². The Balaban J connectivity index is 1.59. The molecule has 1 atom stereocenters. The van der Waals surface area contributed by atoms with Crippen LogP contribution >= 0.6 is 11.6 Å². The summed E-state index contributed by atoms with van der Waals surface area (Å²) in [5.74, 6) is 0.276. The molecule has 1 saturated heterocycles. The lowest BCUT2D eigenvalue weighted by Gasteiger charge is -2.17. The summed E-state index contributed by atoms with van der Waals surface area (Å²) in [6.45, 7) is 0.915. The average Bonchev–Trinajstić information content (AvgIpc) is 2.98. The van der Waals surface area contributed by atoms with Gasteiger partial charge in [-0.15, -0.1) is 0 Å². The number of hydrogen-bond acceptors (Lipinski definition) is 3. The fraction of sp³-hybridized carbons (Fsp3) is 0.263. The van der Waals surface area contributed by atoms with Gasteiger partial charge in [0.25, 0.3) is 0 Å². The summed E-state index contributed by atoms with van der Waals surface area (Å²) in [4.78, 5) is 26.3. The average molecular weight is 359 g/mol. The summed E-state index contributed by atoms with van der Waals surface area (Å²) in [6, 6.07) is 14.5. The SMILES string of the molecule is COc1ccc(CN2C[C@H](C(=O)Nc3ccc(Cl)cc3)CC2=O)cc1. The molecular weight excluding hydrogens is 340 g/mol. The van der Waals surface area contributed by atoms with Gasteiger partial charge in [0.15, 0.2) is 0 Å². The van der Waals surface area contributed by atoms with Crippen molar-refractivity contribution in [3.63, 3.8) is 0 Å². The maximum absolute atomic E-state index is 12.4. The Bertz CT molecular complexity index is 759. The second kappa shape index (κ2) is 7.57. The number of methoxy groups -OCH3 is 1. The van der Waals surface area contributed by atoms with E-state index < -0.39 is 0 Å². The second-order valence-corrected chi connectivity index (χ2v) is 6.46. The molecule has 1 fully saturated rings. The van der Waals surface area contributed by atoms with E-state index in [9.17, 15) is 9.59 Å². The number of ether oxygens (including phenoxy) is 1. The van der Waals surface area contributed by atoms with Crippen LogP contribution in [0.2, 0.25) is 5.02 Å². The van der Waals surface area contributed by atoms with Crippen molar-refractivity contribution in [3.8, 4) is 5.75 Å². The number of anilines is 1. The number of halogens is 1. The zero-order valence-corrected chi connectivity index (χ0v) is 14.6. The van der Waals surface area contributed by atoms with Crippen molar-refractivity contribution in [1.82, 2.24) is 4.90 Å². The molecule has 1 aliphatic heterocycles. The molecule has 5 nitrogen and oxygen atoms in total. The van der Waals surface area contributed by atoms with Crippen LogP contribution < -0.4 is 10.1 Å². The van der Waals surface area contributed by atoms with Crippen LogP contribution in [0.1, 0.15) is 12.0 Å². The van der Waals surface area contributed by atoms with Gasteiger partial charge in [0.05, 0.1) is 13.0 Å². The summed E-state index contributed by atoms with van der Waals surface area (Å²) in [6.07, 6.45) is 0.232. The van der Waals surface area contributed by atoms with Crippen LogP contribution in [0, 0.1) is 5.92 Å². The number of hydrogen-bond donors (Lipinski definition) is 1. The molecule has 1 aliphatic rings. The van der Waals surface area contributed by atoms with Crippen LogP contribution in [0.25, 0.3) is 0 Å². The van der Waals surface area contributed by atoms with E-state index in [4.69, 9.17) is 16.3 Å². The second-order valence-electron chi connectivity index (χ2n) is 6.02. The number of carbonyl (C=O) groups is 2. The summed E-state index contributed by atoms with van der Waals surface area (Å²) in [5.41, 5.74) is 1.68. The molecule has 3 rings (SSSR count). The van der Waals surface area contributed by atoms with Gasteiger partial charge in [0, 0.05) is 30.2 Å². The highest BCUT2D eigenvalue weighted by molar-refractivity contribution is 6.30. The van der Waals surface area contributed by atoms with E-state index in [1.54, 1.807) is 36.3 Å². The van der Waals surface area contributed by atoms with Crippen molar-refractivity contribution < 1.29 is 14.3 Å². The fourth-order valence-corrected chi connectivity index (χ4v) is 2.96. The highest BCUT2D eigenvalue weighted by Gasteiger charge is 2.34. The number of carbonyl (C=O) groups excluding carboxylic acids is 2. The maximum atomic E-state index is 12.4. The van der Waals surface area contributed by atoms with E-state index in [1.165, 1.54) is 0 Å². The molecule has 1 heterocycles. The number of nitrogens with one attached hydrogen (secondary N) is 1. The van der Waals surface area contributed by atoms with Crippen molar-refractivity contribution in [2.45, 2.75) is 13.0 Å². The first-order valence-electron chi connectivity index (χ1n) is 8.02. The van der Waals surface area contributed by atoms with Crippen LogP contribution in [0.15, 0.2) is 48.5 Å². The molecule has 2 aromatic rings. The standard InChI is InChI=1S/C19H19ClN2O3/c1-25-17-8-2-13(3-9-17)11-22-12-14(10-18(22)23)19(24)21-16-6-4-15(20)5-7-16/h2-9,14H,10-12H2,1H3,(H,21,24)/t14-/m1/s1. The molecular formula is C19H19ClN2O3. The largest absolute Gasteiger partial charge is 0.497 e. The fourth-order valence-electron chi connectivity index (χ4n) is 2.83. The summed E-state index contributed by atoms with van der Waals surface area (Å²) < 4.78 is 5.13. The summed E-state index contributed by atoms with van der Waals surface area (Å²) in [5, 5.41) is 3.45. The number of likely N-dealkylation sites (tertiary alicyclic amines) is 1. The molecule has 2 amide bonds. The lowest BCUT2D eigenvalue weighted by molar-refractivity contribution is -0.128. The highest BCUT2D eigenvalue weighted by atomic mass is 35.5. The van der Waals surface area contributed by atoms with Gasteiger partial charge in [0.2, 0.25) is 11.8 Å². The van der Waals surface area contributed by atoms with Crippen LogP contribution in [-0.2, 0) is 16.1 Å². The van der Waals surface area contributed by atoms with Gasteiger partial charge in [-0.05, 0) is 42.0 Å². The molecule has 0 saturated carbocycles. The molecule has 0 unspecified atom stereocenters. The first kappa shape index (κ1) is 17.3. The first-order valence-corrected chi connectivity index (χ1v) is 8.40. The summed E-state index contributed by atoms with van der Waals surface area (Å²) in [7, 11) is 1.61. The molecule has 0 bridgehead atoms. The van der Waals surface area contributed by atoms with Crippen LogP contribution in [-0.4, -0.2) is 30.4 Å². The number of benzene rings is 2. The Morgan fingerprint density at radius 2 is 1.88 bits per heavy atom. The van der Waals surface area contributed by atoms with Crippen molar-refractivity contribution in [2.75, 3.05) is 19.0 Å². The Labute approximate surface area is 151 Å². The topological polar surface area (TPSA) is 58.6 Å². The van der Waals surface area contributed by atoms with E-state index in [1.807, 2.05) is 24.3 Å². The smallest absolute Gasteiger partial charge is 0.229 e. The Morgan fingerprint density at radius 3 is 2.52 bits per heavy atom. The minimum Gasteiger partial charge on any atom is -0.497 e. The first-order chi connectivity index (χ1) is 12.0.